The first-order chi connectivity index (χ1) is 7.15. The lowest BCUT2D eigenvalue weighted by molar-refractivity contribution is -0.143. The zero-order valence-electron chi connectivity index (χ0n) is 8.97. The average molecular weight is 213 g/mol. The summed E-state index contributed by atoms with van der Waals surface area (Å²) < 4.78 is 4.72. The van der Waals surface area contributed by atoms with Crippen LogP contribution in [0.5, 0.6) is 0 Å². The molecular formula is C9H15N3O3. The summed E-state index contributed by atoms with van der Waals surface area (Å²) >= 11 is 0. The maximum Gasteiger partial charge on any atom is 0.344 e. The summed E-state index contributed by atoms with van der Waals surface area (Å²) in [5.74, 6) is -0.769. The smallest absolute Gasteiger partial charge is 0.344 e. The van der Waals surface area contributed by atoms with Crippen LogP contribution in [0.1, 0.15) is 20.3 Å². The van der Waals surface area contributed by atoms with Crippen molar-refractivity contribution in [3.8, 4) is 0 Å². The van der Waals surface area contributed by atoms with Crippen LogP contribution in [0.15, 0.2) is 0 Å². The lowest BCUT2D eigenvalue weighted by Gasteiger charge is -2.15. The Kier molecular flexibility index (Phi) is 6.84. The van der Waals surface area contributed by atoms with Crippen molar-refractivity contribution in [2.45, 2.75) is 20.3 Å². The summed E-state index contributed by atoms with van der Waals surface area (Å²) in [6.07, 6.45) is 0.946. The van der Waals surface area contributed by atoms with E-state index >= 15 is 0 Å². The predicted octanol–water partition coefficient (Wildman–Crippen LogP) is 0.0887. The number of hydrogen-bond acceptors (Lipinski definition) is 3. The summed E-state index contributed by atoms with van der Waals surface area (Å²) in [5.41, 5.74) is 8.17. The minimum absolute atomic E-state index is 0.146. The van der Waals surface area contributed by atoms with Crippen LogP contribution in [0.3, 0.4) is 0 Å². The molecule has 0 aliphatic heterocycles. The van der Waals surface area contributed by atoms with Crippen molar-refractivity contribution in [1.29, 1.82) is 0 Å². The number of ether oxygens (including phenoxy) is 1. The number of rotatable bonds is 6. The Bertz CT molecular complexity index is 272. The summed E-state index contributed by atoms with van der Waals surface area (Å²) in [4.78, 5) is 26.2. The van der Waals surface area contributed by atoms with Crippen LogP contribution >= 0.6 is 0 Å². The maximum absolute atomic E-state index is 11.2. The number of hydrogen-bond donors (Lipinski definition) is 0. The quantitative estimate of drug-likeness (QED) is 0.271. The largest absolute Gasteiger partial charge is 0.466 e. The Labute approximate surface area is 88.4 Å². The van der Waals surface area contributed by atoms with Gasteiger partial charge in [0.05, 0.1) is 13.0 Å². The molecule has 0 unspecified atom stereocenters. The molecule has 1 amide bonds. The Morgan fingerprint density at radius 3 is 2.60 bits per heavy atom. The molecule has 0 N–H and O–H groups in total. The molecule has 0 aromatic heterocycles. The molecule has 0 saturated heterocycles. The van der Waals surface area contributed by atoms with Crippen LogP contribution < -0.4 is 0 Å². The number of amides is 1. The highest BCUT2D eigenvalue weighted by molar-refractivity contribution is 6.23. The van der Waals surface area contributed by atoms with Crippen molar-refractivity contribution < 1.29 is 19.1 Å². The molecule has 0 saturated carbocycles. The van der Waals surface area contributed by atoms with Gasteiger partial charge in [-0.25, -0.2) is 0 Å². The molecule has 0 heterocycles. The Morgan fingerprint density at radius 1 is 1.47 bits per heavy atom. The standard InChI is InChI=1S/C9H15N3O3/c1-3-12(8(13)7-11-10)6-5-9(14)15-4-2/h7H,3-6H2,1-2H3. The third kappa shape index (κ3) is 5.59. The first-order valence-corrected chi connectivity index (χ1v) is 4.77. The van der Waals surface area contributed by atoms with Crippen LogP contribution in [0.25, 0.3) is 5.53 Å². The first kappa shape index (κ1) is 13.3. The molecule has 0 rings (SSSR count). The zero-order valence-corrected chi connectivity index (χ0v) is 8.97. The Morgan fingerprint density at radius 2 is 2.13 bits per heavy atom. The van der Waals surface area contributed by atoms with E-state index in [-0.39, 0.29) is 18.9 Å². The lowest BCUT2D eigenvalue weighted by atomic mass is 10.3. The highest BCUT2D eigenvalue weighted by Crippen LogP contribution is 1.93. The van der Waals surface area contributed by atoms with E-state index in [2.05, 4.69) is 4.79 Å². The number of carbonyl (C=O) groups excluding carboxylic acids is 2. The first-order valence-electron chi connectivity index (χ1n) is 4.77. The molecule has 0 bridgehead atoms. The summed E-state index contributed by atoms with van der Waals surface area (Å²) in [5, 5.41) is 0. The van der Waals surface area contributed by atoms with Crippen LogP contribution in [0, 0.1) is 0 Å². The van der Waals surface area contributed by atoms with E-state index in [9.17, 15) is 9.59 Å². The second-order valence-corrected chi connectivity index (χ2v) is 2.72. The fraction of sp³-hybridized carbons (Fsp3) is 0.667. The number of nitrogens with zero attached hydrogens (tertiary/aromatic N) is 3. The van der Waals surface area contributed by atoms with Gasteiger partial charge < -0.3 is 15.2 Å². The fourth-order valence-corrected chi connectivity index (χ4v) is 1.01. The van der Waals surface area contributed by atoms with Gasteiger partial charge in [0, 0.05) is 13.1 Å². The van der Waals surface area contributed by atoms with Crippen LogP contribution in [0.4, 0.5) is 0 Å². The SMILES string of the molecule is CCOC(=O)CCN(CC)C(=O)C=[N+]=[N-]. The van der Waals surface area contributed by atoms with Crippen molar-refractivity contribution in [2.75, 3.05) is 19.7 Å². The Balaban J connectivity index is 4.05. The zero-order chi connectivity index (χ0) is 11.7. The van der Waals surface area contributed by atoms with Crippen molar-refractivity contribution in [1.82, 2.24) is 4.90 Å². The number of carbonyl (C=O) groups is 2. The average Bonchev–Trinajstić information content (AvgIpc) is 2.19. The summed E-state index contributed by atoms with van der Waals surface area (Å²) in [7, 11) is 0. The van der Waals surface area contributed by atoms with Gasteiger partial charge in [0.25, 0.3) is 0 Å². The molecule has 0 atom stereocenters. The molecule has 6 heteroatoms. The van der Waals surface area contributed by atoms with Gasteiger partial charge in [-0.3, -0.25) is 9.59 Å². The predicted molar refractivity (Wildman–Crippen MR) is 53.2 cm³/mol. The van der Waals surface area contributed by atoms with Gasteiger partial charge in [0.2, 0.25) is 0 Å². The molecule has 0 aliphatic rings. The van der Waals surface area contributed by atoms with E-state index < -0.39 is 5.91 Å². The van der Waals surface area contributed by atoms with Gasteiger partial charge in [-0.15, -0.1) is 0 Å². The highest BCUT2D eigenvalue weighted by atomic mass is 16.5. The minimum Gasteiger partial charge on any atom is -0.466 e. The Hall–Kier alpha value is -1.68. The summed E-state index contributed by atoms with van der Waals surface area (Å²) in [6.45, 7) is 4.54. The third-order valence-corrected chi connectivity index (χ3v) is 1.75. The molecule has 84 valence electrons. The van der Waals surface area contributed by atoms with Crippen LogP contribution in [-0.4, -0.2) is 47.5 Å². The third-order valence-electron chi connectivity index (χ3n) is 1.75. The van der Waals surface area contributed by atoms with Crippen LogP contribution in [-0.2, 0) is 14.3 Å². The van der Waals surface area contributed by atoms with Gasteiger partial charge >= 0.3 is 18.1 Å². The monoisotopic (exact) mass is 213 g/mol. The van der Waals surface area contributed by atoms with Crippen molar-refractivity contribution in [2.24, 2.45) is 0 Å². The van der Waals surface area contributed by atoms with Gasteiger partial charge in [0.15, 0.2) is 0 Å². The molecular weight excluding hydrogens is 198 g/mol. The van der Waals surface area contributed by atoms with Crippen LogP contribution in [0.2, 0.25) is 0 Å². The van der Waals surface area contributed by atoms with E-state index in [1.165, 1.54) is 4.90 Å². The van der Waals surface area contributed by atoms with E-state index in [1.807, 2.05) is 0 Å². The molecule has 0 aromatic rings. The lowest BCUT2D eigenvalue weighted by Crippen LogP contribution is -2.34. The second-order valence-electron chi connectivity index (χ2n) is 2.72. The molecule has 0 aromatic carbocycles. The molecule has 15 heavy (non-hydrogen) atoms. The van der Waals surface area contributed by atoms with Gasteiger partial charge in [-0.1, -0.05) is 0 Å². The highest BCUT2D eigenvalue weighted by Gasteiger charge is 2.14. The van der Waals surface area contributed by atoms with E-state index in [4.69, 9.17) is 10.3 Å². The number of esters is 1. The van der Waals surface area contributed by atoms with Gasteiger partial charge in [-0.05, 0) is 13.8 Å². The van der Waals surface area contributed by atoms with Crippen molar-refractivity contribution >= 4 is 18.1 Å². The summed E-state index contributed by atoms with van der Waals surface area (Å²) in [6, 6.07) is 0. The van der Waals surface area contributed by atoms with E-state index in [0.717, 1.165) is 6.21 Å². The van der Waals surface area contributed by atoms with E-state index in [0.29, 0.717) is 13.2 Å². The molecule has 0 spiro atoms. The van der Waals surface area contributed by atoms with Crippen molar-refractivity contribution in [3.63, 3.8) is 0 Å². The van der Waals surface area contributed by atoms with E-state index in [1.54, 1.807) is 13.8 Å². The fourth-order valence-electron chi connectivity index (χ4n) is 1.01. The minimum atomic E-state index is -0.427. The maximum atomic E-state index is 11.2. The molecule has 0 fully saturated rings. The van der Waals surface area contributed by atoms with Gasteiger partial charge in [0.1, 0.15) is 0 Å². The normalized spacial score (nSPS) is 8.93. The van der Waals surface area contributed by atoms with Crippen molar-refractivity contribution in [3.05, 3.63) is 5.53 Å². The van der Waals surface area contributed by atoms with Gasteiger partial charge in [-0.2, -0.15) is 4.79 Å². The molecule has 6 nitrogen and oxygen atoms in total. The second kappa shape index (κ2) is 7.70. The molecule has 0 aliphatic carbocycles. The molecule has 0 radical (unpaired) electrons. The topological polar surface area (TPSA) is 83.0 Å².